The average Bonchev–Trinajstić information content (AvgIpc) is 2.96. The molecule has 122 valence electrons. The van der Waals surface area contributed by atoms with Crippen molar-refractivity contribution >= 4 is 27.2 Å². The van der Waals surface area contributed by atoms with Crippen molar-refractivity contribution in [3.05, 3.63) is 58.2 Å². The summed E-state index contributed by atoms with van der Waals surface area (Å²) in [6.07, 6.45) is 3.53. The zero-order valence-corrected chi connectivity index (χ0v) is 14.8. The third kappa shape index (κ3) is 2.40. The number of nitrogens with one attached hydrogen (secondary N) is 1. The lowest BCUT2D eigenvalue weighted by Crippen LogP contribution is -2.20. The molecule has 1 unspecified atom stereocenters. The van der Waals surface area contributed by atoms with Crippen LogP contribution in [0.4, 0.5) is 0 Å². The van der Waals surface area contributed by atoms with E-state index in [0.29, 0.717) is 11.3 Å². The van der Waals surface area contributed by atoms with Crippen molar-refractivity contribution in [3.8, 4) is 0 Å². The fourth-order valence-electron chi connectivity index (χ4n) is 3.43. The predicted molar refractivity (Wildman–Crippen MR) is 97.9 cm³/mol. The van der Waals surface area contributed by atoms with Crippen molar-refractivity contribution in [2.45, 2.75) is 39.5 Å². The predicted octanol–water partition coefficient (Wildman–Crippen LogP) is 3.54. The minimum Gasteiger partial charge on any atom is -0.341 e. The van der Waals surface area contributed by atoms with Gasteiger partial charge in [0.05, 0.1) is 38.8 Å². The summed E-state index contributed by atoms with van der Waals surface area (Å²) in [7, 11) is 0. The molecule has 0 amide bonds. The van der Waals surface area contributed by atoms with Gasteiger partial charge >= 0.3 is 0 Å². The van der Waals surface area contributed by atoms with Gasteiger partial charge < -0.3 is 4.98 Å². The molecule has 0 spiro atoms. The summed E-state index contributed by atoms with van der Waals surface area (Å²) in [6.45, 7) is 6.23. The second-order valence-corrected chi connectivity index (χ2v) is 7.28. The number of hydrogen-bond acceptors (Lipinski definition) is 3. The van der Waals surface area contributed by atoms with Crippen molar-refractivity contribution < 1.29 is 4.21 Å². The van der Waals surface area contributed by atoms with Gasteiger partial charge in [-0.2, -0.15) is 0 Å². The number of benzene rings is 1. The molecular formula is C19H19N3OS. The molecule has 0 bridgehead atoms. The normalized spacial score (nSPS) is 17.1. The molecule has 1 atom stereocenters. The first-order valence-corrected chi connectivity index (χ1v) is 8.90. The lowest BCUT2D eigenvalue weighted by atomic mass is 9.85. The Morgan fingerprint density at radius 3 is 2.75 bits per heavy atom. The van der Waals surface area contributed by atoms with Crippen molar-refractivity contribution in [1.29, 1.82) is 0 Å². The van der Waals surface area contributed by atoms with Crippen LogP contribution < -0.4 is 0 Å². The molecule has 0 fully saturated rings. The first-order chi connectivity index (χ1) is 11.6. The fraction of sp³-hybridized carbons (Fsp3) is 0.316. The summed E-state index contributed by atoms with van der Waals surface area (Å²) in [4.78, 5) is 13.8. The van der Waals surface area contributed by atoms with Gasteiger partial charge in [-0.05, 0) is 68.5 Å². The van der Waals surface area contributed by atoms with Crippen molar-refractivity contribution in [3.63, 3.8) is 0 Å². The van der Waals surface area contributed by atoms with Crippen LogP contribution in [0, 0.1) is 20.8 Å². The molecule has 0 saturated heterocycles. The minimum atomic E-state index is 0.115. The number of aromatic nitrogens is 3. The number of rotatable bonds is 1. The molecule has 4 nitrogen and oxygen atoms in total. The molecule has 2 heterocycles. The molecule has 1 N–H and O–H groups in total. The third-order valence-corrected chi connectivity index (χ3v) is 5.52. The smallest absolute Gasteiger partial charge is 0.116 e. The van der Waals surface area contributed by atoms with Crippen LogP contribution in [0.25, 0.3) is 11.0 Å². The Balaban J connectivity index is 1.87. The second kappa shape index (κ2) is 5.67. The molecule has 3 aromatic rings. The Bertz CT molecular complexity index is 976. The van der Waals surface area contributed by atoms with E-state index in [1.54, 1.807) is 0 Å². The minimum absolute atomic E-state index is 0.115. The molecule has 5 heteroatoms. The standard InChI is InChI=1S/C19H19N3OS/c1-10-6-14-17(24-23)5-4-13(18(14)20-9-10)19-21-15-7-11(2)12(3)8-16(15)22-19/h6-9,13H,4-5H2,1-3H3,(H,21,22). The van der Waals surface area contributed by atoms with Crippen molar-refractivity contribution in [2.24, 2.45) is 0 Å². The number of pyridine rings is 1. The van der Waals surface area contributed by atoms with E-state index >= 15 is 0 Å². The van der Waals surface area contributed by atoms with Gasteiger partial charge in [0.2, 0.25) is 0 Å². The Kier molecular flexibility index (Phi) is 3.61. The van der Waals surface area contributed by atoms with Crippen LogP contribution in [0.2, 0.25) is 0 Å². The Labute approximate surface area is 144 Å². The summed E-state index contributed by atoms with van der Waals surface area (Å²) < 4.78 is 11.4. The second-order valence-electron chi connectivity index (χ2n) is 6.62. The van der Waals surface area contributed by atoms with Crippen molar-refractivity contribution in [1.82, 2.24) is 15.0 Å². The summed E-state index contributed by atoms with van der Waals surface area (Å²) in [5.74, 6) is 1.06. The molecule has 0 saturated carbocycles. The quantitative estimate of drug-likeness (QED) is 0.691. The maximum Gasteiger partial charge on any atom is 0.116 e. The number of fused-ring (bicyclic) bond motifs is 2. The van der Waals surface area contributed by atoms with E-state index < -0.39 is 0 Å². The highest BCUT2D eigenvalue weighted by molar-refractivity contribution is 7.67. The van der Waals surface area contributed by atoms with Gasteiger partial charge in [0.1, 0.15) is 5.82 Å². The average molecular weight is 337 g/mol. The van der Waals surface area contributed by atoms with Crippen molar-refractivity contribution in [2.75, 3.05) is 0 Å². The molecule has 24 heavy (non-hydrogen) atoms. The molecule has 1 aliphatic carbocycles. The van der Waals surface area contributed by atoms with E-state index in [9.17, 15) is 4.21 Å². The summed E-state index contributed by atoms with van der Waals surface area (Å²) in [5.41, 5.74) is 7.61. The first kappa shape index (κ1) is 15.3. The number of imidazole rings is 1. The van der Waals surface area contributed by atoms with E-state index in [4.69, 9.17) is 4.98 Å². The highest BCUT2D eigenvalue weighted by atomic mass is 32.1. The zero-order valence-electron chi connectivity index (χ0n) is 14.0. The number of hydrogen-bond donors (Lipinski definition) is 1. The van der Waals surface area contributed by atoms with Gasteiger partial charge in [0.15, 0.2) is 0 Å². The number of aryl methyl sites for hydroxylation is 3. The van der Waals surface area contributed by atoms with Crippen LogP contribution in [0.15, 0.2) is 24.4 Å². The molecule has 4 rings (SSSR count). The number of aromatic amines is 1. The SMILES string of the molecule is Cc1cnc2c(c1)C(=S=O)CCC2c1nc2cc(C)c(C)cc2[nH]1. The Morgan fingerprint density at radius 1 is 1.17 bits per heavy atom. The zero-order chi connectivity index (χ0) is 16.8. The Hall–Kier alpha value is -2.27. The largest absolute Gasteiger partial charge is 0.341 e. The molecule has 2 aromatic heterocycles. The molecule has 1 aliphatic rings. The monoisotopic (exact) mass is 337 g/mol. The lowest BCUT2D eigenvalue weighted by Gasteiger charge is -2.23. The van der Waals surface area contributed by atoms with Crippen LogP contribution in [-0.4, -0.2) is 24.0 Å². The summed E-state index contributed by atoms with van der Waals surface area (Å²) in [5, 5.41) is 0. The van der Waals surface area contributed by atoms with Crippen LogP contribution in [0.5, 0.6) is 0 Å². The first-order valence-electron chi connectivity index (χ1n) is 8.16. The highest BCUT2D eigenvalue weighted by Crippen LogP contribution is 2.35. The number of H-pyrrole nitrogens is 1. The Morgan fingerprint density at radius 2 is 1.96 bits per heavy atom. The van der Waals surface area contributed by atoms with E-state index in [0.717, 1.165) is 51.4 Å². The van der Waals surface area contributed by atoms with E-state index in [2.05, 4.69) is 42.0 Å². The van der Waals surface area contributed by atoms with Gasteiger partial charge in [-0.3, -0.25) is 4.98 Å². The molecule has 1 aromatic carbocycles. The van der Waals surface area contributed by atoms with Crippen LogP contribution in [-0.2, 0) is 11.3 Å². The van der Waals surface area contributed by atoms with Gasteiger partial charge in [-0.25, -0.2) is 9.19 Å². The van der Waals surface area contributed by atoms with Crippen LogP contribution in [0.3, 0.4) is 0 Å². The molecular weight excluding hydrogens is 318 g/mol. The van der Waals surface area contributed by atoms with Gasteiger partial charge in [-0.15, -0.1) is 0 Å². The van der Waals surface area contributed by atoms with E-state index in [1.165, 1.54) is 11.1 Å². The highest BCUT2D eigenvalue weighted by Gasteiger charge is 2.29. The number of nitrogens with zero attached hydrogens (tertiary/aromatic N) is 2. The fourth-order valence-corrected chi connectivity index (χ4v) is 3.89. The van der Waals surface area contributed by atoms with Gasteiger partial charge in [0, 0.05) is 11.8 Å². The summed E-state index contributed by atoms with van der Waals surface area (Å²) in [6, 6.07) is 6.35. The maximum atomic E-state index is 11.4. The lowest BCUT2D eigenvalue weighted by molar-refractivity contribution is 0.667. The van der Waals surface area contributed by atoms with Crippen LogP contribution in [0.1, 0.15) is 52.5 Å². The van der Waals surface area contributed by atoms with E-state index in [-0.39, 0.29) is 5.92 Å². The molecule has 0 aliphatic heterocycles. The third-order valence-electron chi connectivity index (χ3n) is 4.89. The van der Waals surface area contributed by atoms with Gasteiger partial charge in [-0.1, -0.05) is 0 Å². The summed E-state index contributed by atoms with van der Waals surface area (Å²) >= 11 is 0.599. The van der Waals surface area contributed by atoms with Crippen LogP contribution >= 0.6 is 0 Å². The van der Waals surface area contributed by atoms with E-state index in [1.807, 2.05) is 13.1 Å². The molecule has 0 radical (unpaired) electrons. The topological polar surface area (TPSA) is 58.6 Å². The maximum absolute atomic E-state index is 11.4. The van der Waals surface area contributed by atoms with Gasteiger partial charge in [0.25, 0.3) is 0 Å².